The monoisotopic (exact) mass is 663 g/mol. The van der Waals surface area contributed by atoms with Crippen LogP contribution in [-0.2, 0) is 11.2 Å². The first kappa shape index (κ1) is 31.1. The Bertz CT molecular complexity index is 1740. The predicted molar refractivity (Wildman–Crippen MR) is 161 cm³/mol. The zero-order valence-electron chi connectivity index (χ0n) is 24.3. The number of likely N-dealkylation sites (N-methyl/N-ethyl adjacent to an activating group) is 1. The SMILES string of the molecule is CN(c1nc(-c2ccc(F)cc2)c(C#N)s1)c1c(CC(F)(F)F)nc2sc(N3CCCC(N(C)CC(=O)N4CC(O)C4)C3)nn12. The Balaban J connectivity index is 1.28. The quantitative estimate of drug-likeness (QED) is 0.280. The first-order valence-corrected chi connectivity index (χ1v) is 15.8. The van der Waals surface area contributed by atoms with E-state index in [9.17, 15) is 32.7 Å². The van der Waals surface area contributed by atoms with Crippen LogP contribution in [-0.4, -0.2) is 106 Å². The van der Waals surface area contributed by atoms with Crippen LogP contribution in [0.3, 0.4) is 0 Å². The highest BCUT2D eigenvalue weighted by Crippen LogP contribution is 2.39. The molecule has 2 aliphatic rings. The number of nitriles is 1. The summed E-state index contributed by atoms with van der Waals surface area (Å²) in [7, 11) is 3.44. The van der Waals surface area contributed by atoms with Crippen LogP contribution >= 0.6 is 22.7 Å². The minimum atomic E-state index is -4.53. The Kier molecular flexibility index (Phi) is 8.41. The lowest BCUT2D eigenvalue weighted by Gasteiger charge is -2.40. The Morgan fingerprint density at radius 3 is 2.56 bits per heavy atom. The molecular formula is C28H29F4N9O2S2. The normalized spacial score (nSPS) is 17.6. The van der Waals surface area contributed by atoms with Crippen molar-refractivity contribution in [3.05, 3.63) is 40.7 Å². The first-order chi connectivity index (χ1) is 21.4. The Hall–Kier alpha value is -3.85. The molecule has 1 aromatic carbocycles. The summed E-state index contributed by atoms with van der Waals surface area (Å²) < 4.78 is 55.8. The Morgan fingerprint density at radius 1 is 1.16 bits per heavy atom. The number of thiazole rings is 1. The minimum Gasteiger partial charge on any atom is -0.389 e. The number of carbonyl (C=O) groups is 1. The van der Waals surface area contributed by atoms with Gasteiger partial charge >= 0.3 is 6.18 Å². The molecule has 2 saturated heterocycles. The van der Waals surface area contributed by atoms with E-state index in [1.165, 1.54) is 45.0 Å². The number of benzene rings is 1. The third kappa shape index (κ3) is 6.45. The molecule has 1 N–H and O–H groups in total. The van der Waals surface area contributed by atoms with Crippen LogP contribution in [0.5, 0.6) is 0 Å². The number of carbonyl (C=O) groups excluding carboxylic acids is 1. The molecule has 17 heteroatoms. The van der Waals surface area contributed by atoms with Gasteiger partial charge in [0.1, 0.15) is 22.5 Å². The van der Waals surface area contributed by atoms with Crippen molar-refractivity contribution in [2.45, 2.75) is 37.6 Å². The van der Waals surface area contributed by atoms with Gasteiger partial charge < -0.3 is 19.8 Å². The highest BCUT2D eigenvalue weighted by atomic mass is 32.1. The van der Waals surface area contributed by atoms with E-state index in [4.69, 9.17) is 5.10 Å². The molecule has 0 saturated carbocycles. The molecule has 0 radical (unpaired) electrons. The van der Waals surface area contributed by atoms with Crippen molar-refractivity contribution in [3.63, 3.8) is 0 Å². The van der Waals surface area contributed by atoms with E-state index in [0.717, 1.165) is 24.2 Å². The number of aliphatic hydroxyl groups is 1. The fraction of sp³-hybridized carbons (Fsp3) is 0.464. The zero-order valence-corrected chi connectivity index (χ0v) is 26.0. The summed E-state index contributed by atoms with van der Waals surface area (Å²) >= 11 is 2.18. The summed E-state index contributed by atoms with van der Waals surface area (Å²) in [6, 6.07) is 7.60. The van der Waals surface area contributed by atoms with Gasteiger partial charge in [-0.2, -0.15) is 22.9 Å². The van der Waals surface area contributed by atoms with E-state index < -0.39 is 24.5 Å². The van der Waals surface area contributed by atoms with Gasteiger partial charge in [0, 0.05) is 44.8 Å². The Morgan fingerprint density at radius 2 is 1.89 bits per heavy atom. The van der Waals surface area contributed by atoms with Gasteiger partial charge in [-0.15, -0.1) is 5.10 Å². The second-order valence-electron chi connectivity index (χ2n) is 11.2. The van der Waals surface area contributed by atoms with Crippen LogP contribution in [0.2, 0.25) is 0 Å². The largest absolute Gasteiger partial charge is 0.394 e. The van der Waals surface area contributed by atoms with Crippen LogP contribution in [0.25, 0.3) is 16.2 Å². The zero-order chi connectivity index (χ0) is 32.0. The topological polar surface area (TPSA) is 117 Å². The van der Waals surface area contributed by atoms with Gasteiger partial charge in [0.05, 0.1) is 24.8 Å². The number of amides is 1. The molecule has 2 fully saturated rings. The van der Waals surface area contributed by atoms with E-state index in [1.807, 2.05) is 11.9 Å². The molecule has 0 spiro atoms. The molecule has 0 bridgehead atoms. The smallest absolute Gasteiger partial charge is 0.389 e. The molecule has 11 nitrogen and oxygen atoms in total. The minimum absolute atomic E-state index is 0.0400. The third-order valence-corrected chi connectivity index (χ3v) is 9.94. The molecule has 1 unspecified atom stereocenters. The third-order valence-electron chi connectivity index (χ3n) is 7.94. The van der Waals surface area contributed by atoms with Crippen LogP contribution in [0.4, 0.5) is 33.6 Å². The number of aliphatic hydroxyl groups excluding tert-OH is 1. The molecule has 4 aromatic rings. The van der Waals surface area contributed by atoms with Crippen LogP contribution in [0.15, 0.2) is 24.3 Å². The molecule has 2 aliphatic heterocycles. The van der Waals surface area contributed by atoms with Crippen LogP contribution in [0, 0.1) is 17.1 Å². The van der Waals surface area contributed by atoms with E-state index in [1.54, 1.807) is 11.9 Å². The average Bonchev–Trinajstić information content (AvgIpc) is 3.67. The van der Waals surface area contributed by atoms with Crippen molar-refractivity contribution in [2.75, 3.05) is 56.6 Å². The number of β-amino-alcohol motifs (C(OH)–C–C–N with tert-alkyl or cyclic N) is 1. The lowest BCUT2D eigenvalue weighted by molar-refractivity contribution is -0.142. The van der Waals surface area contributed by atoms with E-state index in [0.29, 0.717) is 42.6 Å². The number of likely N-dealkylation sites (tertiary alicyclic amines) is 1. The van der Waals surface area contributed by atoms with Gasteiger partial charge in [-0.25, -0.2) is 14.4 Å². The van der Waals surface area contributed by atoms with Gasteiger partial charge in [-0.05, 0) is 44.2 Å². The molecule has 45 heavy (non-hydrogen) atoms. The van der Waals surface area contributed by atoms with E-state index in [-0.39, 0.29) is 45.0 Å². The van der Waals surface area contributed by atoms with Gasteiger partial charge in [0.2, 0.25) is 16.0 Å². The molecular weight excluding hydrogens is 634 g/mol. The number of anilines is 3. The maximum atomic E-state index is 13.6. The number of imidazole rings is 1. The van der Waals surface area contributed by atoms with Crippen molar-refractivity contribution in [1.29, 1.82) is 5.26 Å². The summed E-state index contributed by atoms with van der Waals surface area (Å²) in [6.07, 6.45) is -4.57. The number of rotatable bonds is 8. The second-order valence-corrected chi connectivity index (χ2v) is 13.1. The fourth-order valence-corrected chi connectivity index (χ4v) is 7.35. The second kappa shape index (κ2) is 12.2. The van der Waals surface area contributed by atoms with Crippen molar-refractivity contribution < 1.29 is 27.5 Å². The van der Waals surface area contributed by atoms with Crippen LogP contribution < -0.4 is 9.80 Å². The summed E-state index contributed by atoms with van der Waals surface area (Å²) in [5, 5.41) is 24.8. The number of aromatic nitrogens is 4. The molecule has 5 heterocycles. The van der Waals surface area contributed by atoms with Crippen molar-refractivity contribution in [1.82, 2.24) is 29.4 Å². The summed E-state index contributed by atoms with van der Waals surface area (Å²) in [4.78, 5) is 29.1. The maximum Gasteiger partial charge on any atom is 0.394 e. The standard InChI is InChI=1S/C28H29F4N9O2S2/c1-37(15-22(43)40-13-19(42)14-40)18-4-3-9-39(12-18)27-36-41-24(20(10-28(30,31)32)34-26(41)45-27)38(2)25-35-23(21(11-33)44-25)16-5-7-17(29)8-6-16/h5-8,18-19,42H,3-4,9-10,12-15H2,1-2H3. The Labute approximate surface area is 263 Å². The molecule has 0 aliphatic carbocycles. The number of nitrogens with zero attached hydrogens (tertiary/aromatic N) is 9. The van der Waals surface area contributed by atoms with E-state index >= 15 is 0 Å². The molecule has 238 valence electrons. The number of piperidine rings is 1. The van der Waals surface area contributed by atoms with Crippen LogP contribution in [0.1, 0.15) is 23.4 Å². The predicted octanol–water partition coefficient (Wildman–Crippen LogP) is 3.90. The summed E-state index contributed by atoms with van der Waals surface area (Å²) in [6.45, 7) is 2.18. The number of alkyl halides is 3. The van der Waals surface area contributed by atoms with Gasteiger partial charge in [0.25, 0.3) is 0 Å². The van der Waals surface area contributed by atoms with Gasteiger partial charge in [-0.3, -0.25) is 9.69 Å². The van der Waals surface area contributed by atoms with Gasteiger partial charge in [0.15, 0.2) is 10.9 Å². The number of hydrogen-bond acceptors (Lipinski definition) is 11. The summed E-state index contributed by atoms with van der Waals surface area (Å²) in [5.74, 6) is -0.404. The van der Waals surface area contributed by atoms with Crippen molar-refractivity contribution in [2.24, 2.45) is 0 Å². The lowest BCUT2D eigenvalue weighted by Crippen LogP contribution is -2.57. The number of halogens is 4. The summed E-state index contributed by atoms with van der Waals surface area (Å²) in [5.41, 5.74) is 0.578. The fourth-order valence-electron chi connectivity index (χ4n) is 5.55. The maximum absolute atomic E-state index is 13.6. The average molecular weight is 664 g/mol. The van der Waals surface area contributed by atoms with Crippen molar-refractivity contribution >= 4 is 49.6 Å². The van der Waals surface area contributed by atoms with Gasteiger partial charge in [-0.1, -0.05) is 22.7 Å². The first-order valence-electron chi connectivity index (χ1n) is 14.2. The highest BCUT2D eigenvalue weighted by Gasteiger charge is 2.35. The van der Waals surface area contributed by atoms with E-state index in [2.05, 4.69) is 20.9 Å². The molecule has 1 amide bonds. The molecule has 3 aromatic heterocycles. The molecule has 1 atom stereocenters. The number of hydrogen-bond donors (Lipinski definition) is 1. The molecule has 6 rings (SSSR count). The van der Waals surface area contributed by atoms with Crippen molar-refractivity contribution in [3.8, 4) is 17.3 Å². The lowest BCUT2D eigenvalue weighted by atomic mass is 10.0. The number of fused-ring (bicyclic) bond motifs is 1. The highest BCUT2D eigenvalue weighted by molar-refractivity contribution is 7.20.